The highest BCUT2D eigenvalue weighted by atomic mass is 79.9. The van der Waals surface area contributed by atoms with Crippen molar-refractivity contribution in [3.05, 3.63) is 57.5 Å². The van der Waals surface area contributed by atoms with E-state index >= 15 is 0 Å². The van der Waals surface area contributed by atoms with Gasteiger partial charge in [0.2, 0.25) is 0 Å². The first-order chi connectivity index (χ1) is 8.63. The van der Waals surface area contributed by atoms with Gasteiger partial charge in [-0.2, -0.15) is 0 Å². The van der Waals surface area contributed by atoms with E-state index in [0.717, 1.165) is 15.6 Å². The van der Waals surface area contributed by atoms with Crippen LogP contribution in [0.4, 0.5) is 0 Å². The first-order valence-corrected chi connectivity index (χ1v) is 6.43. The lowest BCUT2D eigenvalue weighted by Crippen LogP contribution is -2.03. The molecule has 0 aliphatic carbocycles. The molecule has 0 heterocycles. The van der Waals surface area contributed by atoms with Gasteiger partial charge in [0.25, 0.3) is 0 Å². The summed E-state index contributed by atoms with van der Waals surface area (Å²) in [5, 5.41) is 0.584. The van der Waals surface area contributed by atoms with Crippen molar-refractivity contribution in [1.82, 2.24) is 0 Å². The first-order valence-electron chi connectivity index (χ1n) is 5.26. The zero-order valence-electron chi connectivity index (χ0n) is 9.61. The molecule has 92 valence electrons. The third-order valence-corrected chi connectivity index (χ3v) is 3.36. The van der Waals surface area contributed by atoms with Gasteiger partial charge in [0.05, 0.1) is 12.7 Å². The maximum atomic E-state index is 11.7. The van der Waals surface area contributed by atoms with Crippen molar-refractivity contribution >= 4 is 33.5 Å². The Morgan fingerprint density at radius 2 is 1.89 bits per heavy atom. The number of methoxy groups -OCH3 is 1. The van der Waals surface area contributed by atoms with Gasteiger partial charge in [-0.3, -0.25) is 0 Å². The predicted octanol–water partition coefficient (Wildman–Crippen LogP) is 4.56. The van der Waals surface area contributed by atoms with Crippen molar-refractivity contribution in [1.29, 1.82) is 0 Å². The van der Waals surface area contributed by atoms with E-state index < -0.39 is 0 Å². The Labute approximate surface area is 119 Å². The number of halogens is 2. The van der Waals surface area contributed by atoms with Crippen LogP contribution in [0.15, 0.2) is 46.9 Å². The Hall–Kier alpha value is -1.32. The fourth-order valence-corrected chi connectivity index (χ4v) is 2.49. The van der Waals surface area contributed by atoms with E-state index in [4.69, 9.17) is 16.3 Å². The lowest BCUT2D eigenvalue weighted by Gasteiger charge is -2.09. The summed E-state index contributed by atoms with van der Waals surface area (Å²) >= 11 is 9.56. The number of rotatable bonds is 2. The Bertz CT molecular complexity index is 596. The zero-order valence-corrected chi connectivity index (χ0v) is 12.0. The highest BCUT2D eigenvalue weighted by Gasteiger charge is 2.14. The van der Waals surface area contributed by atoms with Crippen LogP contribution in [0.2, 0.25) is 5.02 Å². The average Bonchev–Trinajstić information content (AvgIpc) is 2.38. The maximum Gasteiger partial charge on any atom is 0.338 e. The highest BCUT2D eigenvalue weighted by Crippen LogP contribution is 2.32. The topological polar surface area (TPSA) is 26.3 Å². The molecule has 2 aromatic rings. The molecule has 0 amide bonds. The van der Waals surface area contributed by atoms with E-state index in [9.17, 15) is 4.79 Å². The van der Waals surface area contributed by atoms with Crippen LogP contribution < -0.4 is 0 Å². The van der Waals surface area contributed by atoms with E-state index in [2.05, 4.69) is 15.9 Å². The standard InChI is InChI=1S/C14H10BrClO2/c1-18-14(17)12-5-3-2-4-10(12)11-7-6-9(15)8-13(11)16/h2-8H,1H3. The zero-order chi connectivity index (χ0) is 13.1. The molecule has 2 aromatic carbocycles. The fourth-order valence-electron chi connectivity index (χ4n) is 1.71. The van der Waals surface area contributed by atoms with Crippen molar-refractivity contribution < 1.29 is 9.53 Å². The SMILES string of the molecule is COC(=O)c1ccccc1-c1ccc(Br)cc1Cl. The van der Waals surface area contributed by atoms with Crippen molar-refractivity contribution in [2.45, 2.75) is 0 Å². The minimum Gasteiger partial charge on any atom is -0.465 e. The minimum absolute atomic E-state index is 0.371. The molecular formula is C14H10BrClO2. The molecule has 0 aliphatic rings. The van der Waals surface area contributed by atoms with Crippen LogP contribution >= 0.6 is 27.5 Å². The Balaban J connectivity index is 2.60. The Kier molecular flexibility index (Phi) is 4.04. The number of benzene rings is 2. The normalized spacial score (nSPS) is 10.2. The summed E-state index contributed by atoms with van der Waals surface area (Å²) < 4.78 is 5.67. The molecule has 0 radical (unpaired) electrons. The van der Waals surface area contributed by atoms with E-state index in [1.165, 1.54) is 7.11 Å². The smallest absolute Gasteiger partial charge is 0.338 e. The number of esters is 1. The summed E-state index contributed by atoms with van der Waals surface area (Å²) in [7, 11) is 1.36. The predicted molar refractivity (Wildman–Crippen MR) is 75.9 cm³/mol. The molecule has 0 spiro atoms. The van der Waals surface area contributed by atoms with Crippen LogP contribution in [-0.4, -0.2) is 13.1 Å². The van der Waals surface area contributed by atoms with Gasteiger partial charge in [-0.25, -0.2) is 4.79 Å². The average molecular weight is 326 g/mol. The second-order valence-electron chi connectivity index (χ2n) is 3.66. The molecule has 0 fully saturated rings. The number of hydrogen-bond acceptors (Lipinski definition) is 2. The Morgan fingerprint density at radius 3 is 2.56 bits per heavy atom. The van der Waals surface area contributed by atoms with Crippen molar-refractivity contribution in [3.8, 4) is 11.1 Å². The number of hydrogen-bond donors (Lipinski definition) is 0. The number of ether oxygens (including phenoxy) is 1. The lowest BCUT2D eigenvalue weighted by atomic mass is 10.00. The second-order valence-corrected chi connectivity index (χ2v) is 4.98. The van der Waals surface area contributed by atoms with Crippen LogP contribution in [0.5, 0.6) is 0 Å². The van der Waals surface area contributed by atoms with Crippen LogP contribution in [0.25, 0.3) is 11.1 Å². The van der Waals surface area contributed by atoms with Crippen molar-refractivity contribution in [3.63, 3.8) is 0 Å². The molecular weight excluding hydrogens is 316 g/mol. The number of carbonyl (C=O) groups is 1. The van der Waals surface area contributed by atoms with Crippen molar-refractivity contribution in [2.24, 2.45) is 0 Å². The first kappa shape index (κ1) is 13.1. The van der Waals surface area contributed by atoms with Crippen molar-refractivity contribution in [2.75, 3.05) is 7.11 Å². The third kappa shape index (κ3) is 2.57. The van der Waals surface area contributed by atoms with Gasteiger partial charge in [0.1, 0.15) is 0 Å². The third-order valence-electron chi connectivity index (χ3n) is 2.55. The minimum atomic E-state index is -0.371. The molecule has 0 aromatic heterocycles. The van der Waals surface area contributed by atoms with Gasteiger partial charge >= 0.3 is 5.97 Å². The molecule has 0 aliphatic heterocycles. The van der Waals surface area contributed by atoms with Gasteiger partial charge in [0.15, 0.2) is 0 Å². The molecule has 2 rings (SSSR count). The monoisotopic (exact) mass is 324 g/mol. The molecule has 0 unspecified atom stereocenters. The van der Waals surface area contributed by atoms with Crippen LogP contribution in [-0.2, 0) is 4.74 Å². The van der Waals surface area contributed by atoms with E-state index in [0.29, 0.717) is 10.6 Å². The molecule has 0 atom stereocenters. The Morgan fingerprint density at radius 1 is 1.17 bits per heavy atom. The summed E-state index contributed by atoms with van der Waals surface area (Å²) in [4.78, 5) is 11.7. The summed E-state index contributed by atoms with van der Waals surface area (Å²) in [5.74, 6) is -0.371. The summed E-state index contributed by atoms with van der Waals surface area (Å²) in [6.07, 6.45) is 0. The molecule has 0 saturated carbocycles. The number of carbonyl (C=O) groups excluding carboxylic acids is 1. The molecule has 4 heteroatoms. The van der Waals surface area contributed by atoms with Crippen LogP contribution in [0.3, 0.4) is 0 Å². The maximum absolute atomic E-state index is 11.7. The second kappa shape index (κ2) is 5.55. The lowest BCUT2D eigenvalue weighted by molar-refractivity contribution is 0.0601. The van der Waals surface area contributed by atoms with E-state index in [-0.39, 0.29) is 5.97 Å². The molecule has 0 bridgehead atoms. The fraction of sp³-hybridized carbons (Fsp3) is 0.0714. The molecule has 0 saturated heterocycles. The van der Waals surface area contributed by atoms with Gasteiger partial charge in [0, 0.05) is 15.1 Å². The molecule has 18 heavy (non-hydrogen) atoms. The van der Waals surface area contributed by atoms with Gasteiger partial charge < -0.3 is 4.74 Å². The molecule has 2 nitrogen and oxygen atoms in total. The van der Waals surface area contributed by atoms with E-state index in [1.54, 1.807) is 18.2 Å². The largest absolute Gasteiger partial charge is 0.465 e. The van der Waals surface area contributed by atoms with Gasteiger partial charge in [-0.05, 0) is 23.8 Å². The van der Waals surface area contributed by atoms with Crippen LogP contribution in [0.1, 0.15) is 10.4 Å². The summed E-state index contributed by atoms with van der Waals surface area (Å²) in [5.41, 5.74) is 2.08. The van der Waals surface area contributed by atoms with Gasteiger partial charge in [-0.1, -0.05) is 51.8 Å². The molecule has 0 N–H and O–H groups in total. The van der Waals surface area contributed by atoms with Crippen LogP contribution in [0, 0.1) is 0 Å². The van der Waals surface area contributed by atoms with Gasteiger partial charge in [-0.15, -0.1) is 0 Å². The highest BCUT2D eigenvalue weighted by molar-refractivity contribution is 9.10. The summed E-state index contributed by atoms with van der Waals surface area (Å²) in [6, 6.07) is 12.8. The van der Waals surface area contributed by atoms with E-state index in [1.807, 2.05) is 24.3 Å². The quantitative estimate of drug-likeness (QED) is 0.757. The summed E-state index contributed by atoms with van der Waals surface area (Å²) in [6.45, 7) is 0.